The van der Waals surface area contributed by atoms with Crippen molar-refractivity contribution in [2.24, 2.45) is 0 Å². The lowest BCUT2D eigenvalue weighted by Gasteiger charge is -2.13. The van der Waals surface area contributed by atoms with Gasteiger partial charge in [-0.1, -0.05) is 12.1 Å². The lowest BCUT2D eigenvalue weighted by molar-refractivity contribution is -0.391. The number of hydrogen-bond donors (Lipinski definition) is 0. The first-order valence-corrected chi connectivity index (χ1v) is 6.84. The average Bonchev–Trinajstić information content (AvgIpc) is 3.09. The first kappa shape index (κ1) is 15.7. The van der Waals surface area contributed by atoms with Crippen LogP contribution >= 0.6 is 0 Å². The Bertz CT molecular complexity index is 663. The van der Waals surface area contributed by atoms with Gasteiger partial charge in [-0.2, -0.15) is 0 Å². The zero-order chi connectivity index (χ0) is 16.1. The van der Waals surface area contributed by atoms with Crippen molar-refractivity contribution >= 4 is 11.8 Å². The standard InChI is InChI=1S/C13H17N5O4/c1-3-12(9-22-10(2)19)17-8-11(14-15-17)7-16-6-4-5-13(16)18(20)21/h4-6,8,12H,3,7,9H2,1-2H3. The fraction of sp³-hybridized carbons (Fsp3) is 0.462. The summed E-state index contributed by atoms with van der Waals surface area (Å²) in [5, 5.41) is 18.9. The third-order valence-corrected chi connectivity index (χ3v) is 3.21. The molecule has 0 aliphatic heterocycles. The number of rotatable bonds is 7. The molecule has 22 heavy (non-hydrogen) atoms. The van der Waals surface area contributed by atoms with Crippen LogP contribution in [0.5, 0.6) is 0 Å². The molecule has 0 saturated heterocycles. The first-order chi connectivity index (χ1) is 10.5. The highest BCUT2D eigenvalue weighted by molar-refractivity contribution is 5.65. The SMILES string of the molecule is CCC(COC(C)=O)n1cc(Cn2cccc2[N+](=O)[O-])nn1. The fourth-order valence-corrected chi connectivity index (χ4v) is 2.04. The van der Waals surface area contributed by atoms with E-state index in [0.717, 1.165) is 6.42 Å². The topological polar surface area (TPSA) is 105 Å². The van der Waals surface area contributed by atoms with Crippen LogP contribution in [0.1, 0.15) is 32.0 Å². The minimum absolute atomic E-state index is 0.00139. The predicted octanol–water partition coefficient (Wildman–Crippen LogP) is 1.55. The Balaban J connectivity index is 2.08. The molecule has 0 bridgehead atoms. The van der Waals surface area contributed by atoms with Crippen molar-refractivity contribution in [3.05, 3.63) is 40.3 Å². The summed E-state index contributed by atoms with van der Waals surface area (Å²) in [7, 11) is 0. The van der Waals surface area contributed by atoms with Gasteiger partial charge in [-0.25, -0.2) is 9.25 Å². The minimum Gasteiger partial charge on any atom is -0.464 e. The van der Waals surface area contributed by atoms with E-state index in [-0.39, 0.29) is 31.0 Å². The molecule has 1 atom stereocenters. The lowest BCUT2D eigenvalue weighted by atomic mass is 10.2. The molecule has 1 unspecified atom stereocenters. The number of hydrogen-bond acceptors (Lipinski definition) is 6. The maximum Gasteiger partial charge on any atom is 0.323 e. The van der Waals surface area contributed by atoms with Gasteiger partial charge in [0, 0.05) is 13.0 Å². The third kappa shape index (κ3) is 3.68. The second-order valence-corrected chi connectivity index (χ2v) is 4.81. The van der Waals surface area contributed by atoms with E-state index in [9.17, 15) is 14.9 Å². The van der Waals surface area contributed by atoms with Crippen molar-refractivity contribution in [3.8, 4) is 0 Å². The number of esters is 1. The van der Waals surface area contributed by atoms with E-state index in [1.807, 2.05) is 6.92 Å². The average molecular weight is 307 g/mol. The maximum absolute atomic E-state index is 10.9. The normalized spacial score (nSPS) is 12.1. The molecule has 9 heteroatoms. The molecule has 0 saturated carbocycles. The van der Waals surface area contributed by atoms with Gasteiger partial charge in [-0.3, -0.25) is 4.79 Å². The molecule has 0 spiro atoms. The monoisotopic (exact) mass is 307 g/mol. The number of carbonyl (C=O) groups is 1. The van der Waals surface area contributed by atoms with E-state index in [2.05, 4.69) is 10.3 Å². The predicted molar refractivity (Wildman–Crippen MR) is 76.2 cm³/mol. The van der Waals surface area contributed by atoms with Gasteiger partial charge in [-0.05, 0) is 17.4 Å². The minimum atomic E-state index is -0.444. The Hall–Kier alpha value is -2.71. The molecule has 0 amide bonds. The zero-order valence-electron chi connectivity index (χ0n) is 12.4. The van der Waals surface area contributed by atoms with Crippen LogP contribution < -0.4 is 0 Å². The second kappa shape index (κ2) is 6.83. The Morgan fingerprint density at radius 3 is 2.95 bits per heavy atom. The maximum atomic E-state index is 10.9. The molecule has 2 heterocycles. The van der Waals surface area contributed by atoms with Gasteiger partial charge in [0.2, 0.25) is 0 Å². The highest BCUT2D eigenvalue weighted by Gasteiger charge is 2.16. The van der Waals surface area contributed by atoms with Crippen molar-refractivity contribution in [2.75, 3.05) is 6.61 Å². The van der Waals surface area contributed by atoms with Crippen LogP contribution in [0.2, 0.25) is 0 Å². The van der Waals surface area contributed by atoms with Gasteiger partial charge in [-0.15, -0.1) is 5.10 Å². The van der Waals surface area contributed by atoms with Crippen molar-refractivity contribution < 1.29 is 14.5 Å². The Kier molecular flexibility index (Phi) is 4.87. The molecule has 0 aliphatic carbocycles. The van der Waals surface area contributed by atoms with Crippen molar-refractivity contribution in [1.82, 2.24) is 19.6 Å². The van der Waals surface area contributed by atoms with Gasteiger partial charge >= 0.3 is 11.8 Å². The summed E-state index contributed by atoms with van der Waals surface area (Å²) >= 11 is 0. The number of carbonyl (C=O) groups excluding carboxylic acids is 1. The smallest absolute Gasteiger partial charge is 0.323 e. The van der Waals surface area contributed by atoms with Crippen LogP contribution in [-0.4, -0.2) is 37.1 Å². The van der Waals surface area contributed by atoms with Crippen LogP contribution in [-0.2, 0) is 16.1 Å². The molecule has 0 aromatic carbocycles. The van der Waals surface area contributed by atoms with Crippen molar-refractivity contribution in [2.45, 2.75) is 32.9 Å². The van der Waals surface area contributed by atoms with Crippen molar-refractivity contribution in [3.63, 3.8) is 0 Å². The second-order valence-electron chi connectivity index (χ2n) is 4.81. The number of ether oxygens (including phenoxy) is 1. The molecule has 2 rings (SSSR count). The molecule has 0 N–H and O–H groups in total. The molecule has 0 aliphatic rings. The van der Waals surface area contributed by atoms with Crippen LogP contribution in [0, 0.1) is 10.1 Å². The number of nitro groups is 1. The van der Waals surface area contributed by atoms with Gasteiger partial charge < -0.3 is 14.9 Å². The molecule has 2 aromatic heterocycles. The van der Waals surface area contributed by atoms with E-state index in [0.29, 0.717) is 5.69 Å². The molecular weight excluding hydrogens is 290 g/mol. The highest BCUT2D eigenvalue weighted by atomic mass is 16.6. The summed E-state index contributed by atoms with van der Waals surface area (Å²) in [5.41, 5.74) is 0.598. The Morgan fingerprint density at radius 1 is 1.55 bits per heavy atom. The zero-order valence-corrected chi connectivity index (χ0v) is 12.4. The van der Waals surface area contributed by atoms with E-state index in [1.165, 1.54) is 17.6 Å². The molecule has 118 valence electrons. The van der Waals surface area contributed by atoms with Gasteiger partial charge in [0.1, 0.15) is 18.8 Å². The molecule has 2 aromatic rings. The number of aromatic nitrogens is 4. The van der Waals surface area contributed by atoms with Gasteiger partial charge in [0.05, 0.1) is 18.4 Å². The fourth-order valence-electron chi connectivity index (χ4n) is 2.04. The van der Waals surface area contributed by atoms with E-state index in [1.54, 1.807) is 23.1 Å². The molecular formula is C13H17N5O4. The lowest BCUT2D eigenvalue weighted by Crippen LogP contribution is -2.17. The molecule has 0 fully saturated rings. The summed E-state index contributed by atoms with van der Waals surface area (Å²) in [6, 6.07) is 2.93. The Labute approximate surface area is 126 Å². The molecule has 0 radical (unpaired) electrons. The van der Waals surface area contributed by atoms with Crippen LogP contribution in [0.25, 0.3) is 0 Å². The summed E-state index contributed by atoms with van der Waals surface area (Å²) in [5.74, 6) is -0.344. The van der Waals surface area contributed by atoms with E-state index >= 15 is 0 Å². The van der Waals surface area contributed by atoms with Crippen molar-refractivity contribution in [1.29, 1.82) is 0 Å². The third-order valence-electron chi connectivity index (χ3n) is 3.21. The van der Waals surface area contributed by atoms with Crippen LogP contribution in [0.3, 0.4) is 0 Å². The Morgan fingerprint density at radius 2 is 2.32 bits per heavy atom. The highest BCUT2D eigenvalue weighted by Crippen LogP contribution is 2.15. The summed E-state index contributed by atoms with van der Waals surface area (Å²) in [4.78, 5) is 21.3. The van der Waals surface area contributed by atoms with Gasteiger partial charge in [0.25, 0.3) is 0 Å². The molecule has 9 nitrogen and oxygen atoms in total. The quantitative estimate of drug-likeness (QED) is 0.436. The summed E-state index contributed by atoms with van der Waals surface area (Å²) in [6.07, 6.45) is 4.05. The first-order valence-electron chi connectivity index (χ1n) is 6.84. The van der Waals surface area contributed by atoms with E-state index < -0.39 is 4.92 Å². The largest absolute Gasteiger partial charge is 0.464 e. The van der Waals surface area contributed by atoms with Crippen LogP contribution in [0.4, 0.5) is 5.82 Å². The van der Waals surface area contributed by atoms with Gasteiger partial charge in [0.15, 0.2) is 0 Å². The van der Waals surface area contributed by atoms with E-state index in [4.69, 9.17) is 4.74 Å². The summed E-state index contributed by atoms with van der Waals surface area (Å²) in [6.45, 7) is 3.78. The van der Waals surface area contributed by atoms with Crippen LogP contribution in [0.15, 0.2) is 24.5 Å². The summed E-state index contributed by atoms with van der Waals surface area (Å²) < 4.78 is 8.10. The number of nitrogens with zero attached hydrogens (tertiary/aromatic N) is 5.